The van der Waals surface area contributed by atoms with Crippen LogP contribution in [-0.2, 0) is 6.42 Å². The topological polar surface area (TPSA) is 26.0 Å². The normalized spacial score (nSPS) is 10.1. The fraction of sp³-hybridized carbons (Fsp3) is 0.250. The maximum Gasteiger partial charge on any atom is 0.0581 e. The standard InChI is InChI=1S/C8H9BrClN/c1-2-5-3-6(11)4-7(9)8(5)10/h3-4H,2,11H2,1H3. The van der Waals surface area contributed by atoms with E-state index in [-0.39, 0.29) is 0 Å². The largest absolute Gasteiger partial charge is 0.399 e. The number of rotatable bonds is 1. The van der Waals surface area contributed by atoms with Crippen LogP contribution in [0.3, 0.4) is 0 Å². The van der Waals surface area contributed by atoms with Crippen LogP contribution in [0.15, 0.2) is 16.6 Å². The van der Waals surface area contributed by atoms with Crippen LogP contribution in [0.5, 0.6) is 0 Å². The van der Waals surface area contributed by atoms with Gasteiger partial charge in [0.1, 0.15) is 0 Å². The van der Waals surface area contributed by atoms with E-state index in [0.29, 0.717) is 0 Å². The molecule has 0 bridgehead atoms. The Hall–Kier alpha value is -0.210. The lowest BCUT2D eigenvalue weighted by molar-refractivity contribution is 1.14. The number of benzene rings is 1. The van der Waals surface area contributed by atoms with E-state index < -0.39 is 0 Å². The molecule has 0 atom stereocenters. The van der Waals surface area contributed by atoms with Gasteiger partial charge >= 0.3 is 0 Å². The van der Waals surface area contributed by atoms with Gasteiger partial charge in [0, 0.05) is 10.2 Å². The molecule has 0 aliphatic rings. The highest BCUT2D eigenvalue weighted by atomic mass is 79.9. The van der Waals surface area contributed by atoms with Crippen LogP contribution in [-0.4, -0.2) is 0 Å². The number of anilines is 1. The smallest absolute Gasteiger partial charge is 0.0581 e. The first kappa shape index (κ1) is 8.88. The molecular formula is C8H9BrClN. The lowest BCUT2D eigenvalue weighted by atomic mass is 10.1. The molecular weight excluding hydrogens is 225 g/mol. The van der Waals surface area contributed by atoms with E-state index in [9.17, 15) is 0 Å². The second kappa shape index (κ2) is 3.46. The Labute approximate surface area is 79.7 Å². The van der Waals surface area contributed by atoms with Gasteiger partial charge in [-0.1, -0.05) is 18.5 Å². The van der Waals surface area contributed by atoms with Gasteiger partial charge in [-0.15, -0.1) is 0 Å². The average Bonchev–Trinajstić information content (AvgIpc) is 1.96. The highest BCUT2D eigenvalue weighted by molar-refractivity contribution is 9.10. The molecule has 0 heterocycles. The highest BCUT2D eigenvalue weighted by Gasteiger charge is 2.03. The van der Waals surface area contributed by atoms with Crippen molar-refractivity contribution in [2.45, 2.75) is 13.3 Å². The molecule has 1 nitrogen and oxygen atoms in total. The molecule has 0 aromatic heterocycles. The fourth-order valence-electron chi connectivity index (χ4n) is 0.927. The van der Waals surface area contributed by atoms with Gasteiger partial charge in [0.05, 0.1) is 5.02 Å². The van der Waals surface area contributed by atoms with Gasteiger partial charge in [-0.3, -0.25) is 0 Å². The lowest BCUT2D eigenvalue weighted by Crippen LogP contribution is -1.89. The maximum atomic E-state index is 5.96. The summed E-state index contributed by atoms with van der Waals surface area (Å²) in [6, 6.07) is 3.70. The molecule has 0 fully saturated rings. The van der Waals surface area contributed by atoms with Crippen molar-refractivity contribution in [1.29, 1.82) is 0 Å². The first-order valence-electron chi connectivity index (χ1n) is 3.38. The van der Waals surface area contributed by atoms with Crippen LogP contribution in [0.25, 0.3) is 0 Å². The minimum Gasteiger partial charge on any atom is -0.399 e. The molecule has 0 aliphatic carbocycles. The van der Waals surface area contributed by atoms with Crippen LogP contribution in [0, 0.1) is 0 Å². The van der Waals surface area contributed by atoms with Crippen molar-refractivity contribution in [3.8, 4) is 0 Å². The van der Waals surface area contributed by atoms with Gasteiger partial charge in [0.25, 0.3) is 0 Å². The lowest BCUT2D eigenvalue weighted by Gasteiger charge is -2.04. The van der Waals surface area contributed by atoms with Crippen LogP contribution in [0.2, 0.25) is 5.02 Å². The summed E-state index contributed by atoms with van der Waals surface area (Å²) in [6.45, 7) is 2.05. The number of aryl methyl sites for hydroxylation is 1. The minimum atomic E-state index is 0.748. The summed E-state index contributed by atoms with van der Waals surface area (Å²) in [6.07, 6.45) is 0.905. The van der Waals surface area contributed by atoms with Gasteiger partial charge in [-0.2, -0.15) is 0 Å². The Kier molecular flexibility index (Phi) is 2.79. The van der Waals surface area contributed by atoms with Crippen molar-refractivity contribution in [2.24, 2.45) is 0 Å². The third-order valence-corrected chi connectivity index (χ3v) is 2.81. The van der Waals surface area contributed by atoms with E-state index in [1.807, 2.05) is 19.1 Å². The molecule has 0 amide bonds. The van der Waals surface area contributed by atoms with Gasteiger partial charge < -0.3 is 5.73 Å². The average molecular weight is 235 g/mol. The Morgan fingerprint density at radius 2 is 2.18 bits per heavy atom. The van der Waals surface area contributed by atoms with Crippen molar-refractivity contribution in [3.05, 3.63) is 27.2 Å². The van der Waals surface area contributed by atoms with Gasteiger partial charge in [0.2, 0.25) is 0 Å². The molecule has 0 aliphatic heterocycles. The Balaban J connectivity index is 3.24. The van der Waals surface area contributed by atoms with E-state index in [0.717, 1.165) is 27.2 Å². The summed E-state index contributed by atoms with van der Waals surface area (Å²) in [5, 5.41) is 0.765. The summed E-state index contributed by atoms with van der Waals surface area (Å²) in [7, 11) is 0. The molecule has 2 N–H and O–H groups in total. The Morgan fingerprint density at radius 1 is 1.55 bits per heavy atom. The summed E-state index contributed by atoms with van der Waals surface area (Å²) in [5.41, 5.74) is 7.45. The number of halogens is 2. The number of nitrogens with two attached hydrogens (primary N) is 1. The molecule has 0 unspecified atom stereocenters. The number of nitrogen functional groups attached to an aromatic ring is 1. The van der Waals surface area contributed by atoms with E-state index in [2.05, 4.69) is 15.9 Å². The van der Waals surface area contributed by atoms with Crippen LogP contribution < -0.4 is 5.73 Å². The van der Waals surface area contributed by atoms with Gasteiger partial charge in [-0.25, -0.2) is 0 Å². The quantitative estimate of drug-likeness (QED) is 0.742. The van der Waals surface area contributed by atoms with E-state index in [4.69, 9.17) is 17.3 Å². The van der Waals surface area contributed by atoms with Crippen LogP contribution in [0.1, 0.15) is 12.5 Å². The number of hydrogen-bond donors (Lipinski definition) is 1. The van der Waals surface area contributed by atoms with Crippen LogP contribution in [0.4, 0.5) is 5.69 Å². The predicted molar refractivity (Wildman–Crippen MR) is 52.9 cm³/mol. The molecule has 1 aromatic rings. The third kappa shape index (κ3) is 1.88. The van der Waals surface area contributed by atoms with Crippen molar-refractivity contribution >= 4 is 33.2 Å². The Morgan fingerprint density at radius 3 is 2.73 bits per heavy atom. The molecule has 60 valence electrons. The zero-order valence-electron chi connectivity index (χ0n) is 6.20. The molecule has 3 heteroatoms. The molecule has 1 rings (SSSR count). The predicted octanol–water partition coefficient (Wildman–Crippen LogP) is 3.25. The van der Waals surface area contributed by atoms with Crippen molar-refractivity contribution in [3.63, 3.8) is 0 Å². The second-order valence-electron chi connectivity index (χ2n) is 2.33. The second-order valence-corrected chi connectivity index (χ2v) is 3.56. The first-order valence-corrected chi connectivity index (χ1v) is 4.55. The molecule has 0 saturated heterocycles. The summed E-state index contributed by atoms with van der Waals surface area (Å²) < 4.78 is 0.871. The Bertz CT molecular complexity index is 273. The maximum absolute atomic E-state index is 5.96. The highest BCUT2D eigenvalue weighted by Crippen LogP contribution is 2.29. The summed E-state index contributed by atoms with van der Waals surface area (Å²) in [5.74, 6) is 0. The first-order chi connectivity index (χ1) is 5.15. The van der Waals surface area contributed by atoms with E-state index in [1.54, 1.807) is 0 Å². The SMILES string of the molecule is CCc1cc(N)cc(Br)c1Cl. The monoisotopic (exact) mass is 233 g/mol. The molecule has 1 aromatic carbocycles. The van der Waals surface area contributed by atoms with E-state index >= 15 is 0 Å². The van der Waals surface area contributed by atoms with Crippen molar-refractivity contribution in [1.82, 2.24) is 0 Å². The summed E-state index contributed by atoms with van der Waals surface area (Å²) >= 11 is 9.29. The molecule has 11 heavy (non-hydrogen) atoms. The third-order valence-electron chi connectivity index (χ3n) is 1.51. The van der Waals surface area contributed by atoms with Crippen molar-refractivity contribution in [2.75, 3.05) is 5.73 Å². The fourth-order valence-corrected chi connectivity index (χ4v) is 1.69. The van der Waals surface area contributed by atoms with Crippen molar-refractivity contribution < 1.29 is 0 Å². The summed E-state index contributed by atoms with van der Waals surface area (Å²) in [4.78, 5) is 0. The van der Waals surface area contributed by atoms with Gasteiger partial charge in [-0.05, 0) is 40.0 Å². The molecule has 0 saturated carbocycles. The minimum absolute atomic E-state index is 0.748. The van der Waals surface area contributed by atoms with Gasteiger partial charge in [0.15, 0.2) is 0 Å². The van der Waals surface area contributed by atoms with Crippen LogP contribution >= 0.6 is 27.5 Å². The molecule has 0 spiro atoms. The zero-order valence-corrected chi connectivity index (χ0v) is 8.54. The number of hydrogen-bond acceptors (Lipinski definition) is 1. The zero-order chi connectivity index (χ0) is 8.43. The van der Waals surface area contributed by atoms with E-state index in [1.165, 1.54) is 0 Å². The molecule has 0 radical (unpaired) electrons.